The van der Waals surface area contributed by atoms with Gasteiger partial charge in [-0.25, -0.2) is 0 Å². The Kier molecular flexibility index (Phi) is 3.29. The van der Waals surface area contributed by atoms with E-state index in [4.69, 9.17) is 0 Å². The Labute approximate surface area is 110 Å². The molecule has 1 N–H and O–H groups in total. The van der Waals surface area contributed by atoms with Gasteiger partial charge in [0.1, 0.15) is 0 Å². The summed E-state index contributed by atoms with van der Waals surface area (Å²) in [6, 6.07) is 7.48. The third-order valence-electron chi connectivity index (χ3n) is 4.31. The van der Waals surface area contributed by atoms with Crippen LogP contribution in [0.15, 0.2) is 18.2 Å². The van der Waals surface area contributed by atoms with E-state index >= 15 is 0 Å². The molecule has 2 fully saturated rings. The number of nitrogens with zero attached hydrogens (tertiary/aromatic N) is 1. The first-order chi connectivity index (χ1) is 8.74. The van der Waals surface area contributed by atoms with Gasteiger partial charge in [-0.1, -0.05) is 18.2 Å². The average Bonchev–Trinajstić information content (AvgIpc) is 3.06. The molecule has 0 amide bonds. The number of hydrogen-bond acceptors (Lipinski definition) is 2. The molecule has 1 aliphatic carbocycles. The van der Waals surface area contributed by atoms with Gasteiger partial charge in [-0.15, -0.1) is 0 Å². The van der Waals surface area contributed by atoms with Gasteiger partial charge in [0.05, 0.1) is 0 Å². The van der Waals surface area contributed by atoms with Crippen LogP contribution in [0.5, 0.6) is 0 Å². The highest BCUT2D eigenvalue weighted by molar-refractivity contribution is 5.59. The molecule has 1 saturated heterocycles. The lowest BCUT2D eigenvalue weighted by Gasteiger charge is -2.23. The van der Waals surface area contributed by atoms with Crippen LogP contribution in [0.3, 0.4) is 0 Å². The van der Waals surface area contributed by atoms with Crippen molar-refractivity contribution in [3.63, 3.8) is 0 Å². The van der Waals surface area contributed by atoms with Crippen molar-refractivity contribution in [2.45, 2.75) is 39.2 Å². The summed E-state index contributed by atoms with van der Waals surface area (Å²) in [6.45, 7) is 8.14. The van der Waals surface area contributed by atoms with E-state index in [9.17, 15) is 0 Å². The molecule has 1 atom stereocenters. The monoisotopic (exact) mass is 244 g/mol. The second kappa shape index (κ2) is 4.93. The lowest BCUT2D eigenvalue weighted by molar-refractivity contribution is 0.515. The van der Waals surface area contributed by atoms with Crippen LogP contribution in [-0.4, -0.2) is 25.7 Å². The van der Waals surface area contributed by atoms with Gasteiger partial charge in [0.2, 0.25) is 0 Å². The van der Waals surface area contributed by atoms with Gasteiger partial charge in [-0.05, 0) is 56.7 Å². The van der Waals surface area contributed by atoms with E-state index in [0.717, 1.165) is 12.0 Å². The zero-order valence-corrected chi connectivity index (χ0v) is 11.6. The van der Waals surface area contributed by atoms with Gasteiger partial charge in [0.25, 0.3) is 0 Å². The van der Waals surface area contributed by atoms with E-state index in [2.05, 4.69) is 42.3 Å². The molecule has 1 saturated carbocycles. The zero-order valence-electron chi connectivity index (χ0n) is 11.6. The van der Waals surface area contributed by atoms with Gasteiger partial charge < -0.3 is 10.2 Å². The molecule has 98 valence electrons. The lowest BCUT2D eigenvalue weighted by Crippen LogP contribution is -2.28. The first-order valence-electron chi connectivity index (χ1n) is 7.28. The maximum Gasteiger partial charge on any atom is 0.0425 e. The standard InChI is InChI=1S/C16H24N2/c1-12-4-3-5-13(2)16(12)18-9-8-14(11-18)10-17-15-6-7-15/h3-5,14-15,17H,6-11H2,1-2H3. The summed E-state index contributed by atoms with van der Waals surface area (Å²) in [5.74, 6) is 0.838. The predicted molar refractivity (Wildman–Crippen MR) is 77.3 cm³/mol. The van der Waals surface area contributed by atoms with Crippen LogP contribution >= 0.6 is 0 Å². The number of para-hydroxylation sites is 1. The van der Waals surface area contributed by atoms with Crippen LogP contribution in [0.4, 0.5) is 5.69 Å². The van der Waals surface area contributed by atoms with Crippen LogP contribution in [0.2, 0.25) is 0 Å². The van der Waals surface area contributed by atoms with Crippen LogP contribution in [0.25, 0.3) is 0 Å². The molecule has 2 nitrogen and oxygen atoms in total. The predicted octanol–water partition coefficient (Wildman–Crippen LogP) is 2.88. The van der Waals surface area contributed by atoms with Crippen LogP contribution in [-0.2, 0) is 0 Å². The van der Waals surface area contributed by atoms with Crippen LogP contribution in [0.1, 0.15) is 30.4 Å². The van der Waals surface area contributed by atoms with Crippen molar-refractivity contribution in [3.05, 3.63) is 29.3 Å². The quantitative estimate of drug-likeness (QED) is 0.876. The summed E-state index contributed by atoms with van der Waals surface area (Å²) >= 11 is 0. The molecule has 0 spiro atoms. The molecule has 18 heavy (non-hydrogen) atoms. The Morgan fingerprint density at radius 1 is 1.17 bits per heavy atom. The van der Waals surface area contributed by atoms with Crippen molar-refractivity contribution in [2.75, 3.05) is 24.5 Å². The first-order valence-corrected chi connectivity index (χ1v) is 7.28. The number of rotatable bonds is 4. The molecule has 3 rings (SSSR count). The Morgan fingerprint density at radius 3 is 2.56 bits per heavy atom. The fourth-order valence-electron chi connectivity index (χ4n) is 3.13. The number of nitrogens with one attached hydrogen (secondary N) is 1. The maximum atomic E-state index is 3.67. The molecule has 2 heteroatoms. The van der Waals surface area contributed by atoms with Crippen molar-refractivity contribution >= 4 is 5.69 Å². The third kappa shape index (κ3) is 2.54. The van der Waals surface area contributed by atoms with E-state index in [1.54, 1.807) is 0 Å². The molecule has 1 aromatic rings. The number of anilines is 1. The number of hydrogen-bond donors (Lipinski definition) is 1. The topological polar surface area (TPSA) is 15.3 Å². The van der Waals surface area contributed by atoms with Crippen molar-refractivity contribution < 1.29 is 0 Å². The molecule has 2 aliphatic rings. The Balaban J connectivity index is 1.63. The summed E-state index contributed by atoms with van der Waals surface area (Å²) in [4.78, 5) is 2.59. The second-order valence-electron chi connectivity index (χ2n) is 6.02. The van der Waals surface area contributed by atoms with Gasteiger partial charge in [-0.3, -0.25) is 0 Å². The van der Waals surface area contributed by atoms with E-state index in [1.165, 1.54) is 55.7 Å². The summed E-state index contributed by atoms with van der Waals surface area (Å²) in [7, 11) is 0. The maximum absolute atomic E-state index is 3.67. The molecule has 0 bridgehead atoms. The minimum absolute atomic E-state index is 0.838. The van der Waals surface area contributed by atoms with E-state index in [-0.39, 0.29) is 0 Å². The molecule has 1 unspecified atom stereocenters. The highest BCUT2D eigenvalue weighted by atomic mass is 15.2. The molecule has 0 aromatic heterocycles. The molecule has 0 radical (unpaired) electrons. The summed E-state index contributed by atoms with van der Waals surface area (Å²) < 4.78 is 0. The van der Waals surface area contributed by atoms with E-state index in [0.29, 0.717) is 0 Å². The lowest BCUT2D eigenvalue weighted by atomic mass is 10.1. The molecule has 1 aliphatic heterocycles. The normalized spacial score (nSPS) is 23.7. The minimum atomic E-state index is 0.838. The van der Waals surface area contributed by atoms with Crippen LogP contribution < -0.4 is 10.2 Å². The SMILES string of the molecule is Cc1cccc(C)c1N1CCC(CNC2CC2)C1. The summed E-state index contributed by atoms with van der Waals surface area (Å²) in [5.41, 5.74) is 4.32. The average molecular weight is 244 g/mol. The largest absolute Gasteiger partial charge is 0.371 e. The number of aryl methyl sites for hydroxylation is 2. The summed E-state index contributed by atoms with van der Waals surface area (Å²) in [6.07, 6.45) is 4.13. The van der Waals surface area contributed by atoms with Crippen molar-refractivity contribution in [3.8, 4) is 0 Å². The fourth-order valence-corrected chi connectivity index (χ4v) is 3.13. The molecule has 1 aromatic carbocycles. The highest BCUT2D eigenvalue weighted by Gasteiger charge is 2.27. The van der Waals surface area contributed by atoms with E-state index in [1.807, 2.05) is 0 Å². The first kappa shape index (κ1) is 12.0. The summed E-state index contributed by atoms with van der Waals surface area (Å²) in [5, 5.41) is 3.67. The second-order valence-corrected chi connectivity index (χ2v) is 6.02. The molecular weight excluding hydrogens is 220 g/mol. The number of benzene rings is 1. The molecule has 1 heterocycles. The van der Waals surface area contributed by atoms with Crippen LogP contribution in [0, 0.1) is 19.8 Å². The fraction of sp³-hybridized carbons (Fsp3) is 0.625. The highest BCUT2D eigenvalue weighted by Crippen LogP contribution is 2.30. The molecular formula is C16H24N2. The Bertz CT molecular complexity index is 403. The van der Waals surface area contributed by atoms with E-state index < -0.39 is 0 Å². The van der Waals surface area contributed by atoms with Gasteiger partial charge in [0, 0.05) is 24.8 Å². The third-order valence-corrected chi connectivity index (χ3v) is 4.31. The minimum Gasteiger partial charge on any atom is -0.371 e. The van der Waals surface area contributed by atoms with Gasteiger partial charge >= 0.3 is 0 Å². The van der Waals surface area contributed by atoms with Crippen molar-refractivity contribution in [1.82, 2.24) is 5.32 Å². The van der Waals surface area contributed by atoms with Crippen molar-refractivity contribution in [2.24, 2.45) is 5.92 Å². The van der Waals surface area contributed by atoms with Gasteiger partial charge in [-0.2, -0.15) is 0 Å². The smallest absolute Gasteiger partial charge is 0.0425 e. The Hall–Kier alpha value is -1.02. The zero-order chi connectivity index (χ0) is 12.5. The van der Waals surface area contributed by atoms with Gasteiger partial charge in [0.15, 0.2) is 0 Å². The van der Waals surface area contributed by atoms with Crippen molar-refractivity contribution in [1.29, 1.82) is 0 Å². The Morgan fingerprint density at radius 2 is 1.89 bits per heavy atom.